The van der Waals surface area contributed by atoms with Crippen LogP contribution in [0.25, 0.3) is 0 Å². The van der Waals surface area contributed by atoms with E-state index in [4.69, 9.17) is 4.74 Å². The normalized spacial score (nSPS) is 32.6. The lowest BCUT2D eigenvalue weighted by Gasteiger charge is -2.43. The van der Waals surface area contributed by atoms with Gasteiger partial charge in [-0.1, -0.05) is 0 Å². The molecule has 0 radical (unpaired) electrons. The number of nitrogens with zero attached hydrogens (tertiary/aromatic N) is 3. The van der Waals surface area contributed by atoms with E-state index in [1.165, 1.54) is 0 Å². The minimum Gasteiger partial charge on any atom is -0.391 e. The third kappa shape index (κ3) is 3.93. The highest BCUT2D eigenvalue weighted by molar-refractivity contribution is 5.45. The smallest absolute Gasteiger partial charge is 0.391 e. The van der Waals surface area contributed by atoms with Crippen LogP contribution in [0.5, 0.6) is 0 Å². The molecule has 4 atom stereocenters. The second kappa shape index (κ2) is 7.22. The molecule has 0 unspecified atom stereocenters. The van der Waals surface area contributed by atoms with Gasteiger partial charge in [-0.3, -0.25) is 4.90 Å². The summed E-state index contributed by atoms with van der Waals surface area (Å²) in [7, 11) is 0. The minimum atomic E-state index is -4.37. The number of aromatic nitrogens is 1. The lowest BCUT2D eigenvalue weighted by atomic mass is 9.77. The maximum absolute atomic E-state index is 13.1. The van der Waals surface area contributed by atoms with Gasteiger partial charge in [0.25, 0.3) is 0 Å². The fourth-order valence-electron chi connectivity index (χ4n) is 4.87. The number of ether oxygens (including phenoxy) is 1. The van der Waals surface area contributed by atoms with E-state index >= 15 is 0 Å². The van der Waals surface area contributed by atoms with Gasteiger partial charge in [-0.2, -0.15) is 13.2 Å². The predicted molar refractivity (Wildman–Crippen MR) is 94.6 cm³/mol. The first kappa shape index (κ1) is 19.0. The number of aryl methyl sites for hydroxylation is 1. The number of aliphatic hydroxyl groups is 1. The summed E-state index contributed by atoms with van der Waals surface area (Å²) >= 11 is 0. The van der Waals surface area contributed by atoms with E-state index in [1.54, 1.807) is 6.92 Å². The van der Waals surface area contributed by atoms with Crippen LogP contribution in [0.3, 0.4) is 0 Å². The summed E-state index contributed by atoms with van der Waals surface area (Å²) in [5, 5.41) is 10.7. The predicted octanol–water partition coefficient (Wildman–Crippen LogP) is 2.32. The monoisotopic (exact) mass is 385 g/mol. The third-order valence-corrected chi connectivity index (χ3v) is 6.22. The Morgan fingerprint density at radius 3 is 2.44 bits per heavy atom. The maximum Gasteiger partial charge on any atom is 0.416 e. The molecule has 0 aromatic carbocycles. The molecule has 0 bridgehead atoms. The molecular weight excluding hydrogens is 359 g/mol. The highest BCUT2D eigenvalue weighted by Crippen LogP contribution is 2.40. The van der Waals surface area contributed by atoms with Crippen molar-refractivity contribution >= 4 is 5.82 Å². The van der Waals surface area contributed by atoms with E-state index in [0.717, 1.165) is 31.6 Å². The zero-order valence-electron chi connectivity index (χ0n) is 15.5. The summed E-state index contributed by atoms with van der Waals surface area (Å²) < 4.78 is 44.8. The zero-order chi connectivity index (χ0) is 19.2. The molecular formula is C19H26F3N3O2. The summed E-state index contributed by atoms with van der Waals surface area (Å²) in [5.74, 6) is 1.07. The summed E-state index contributed by atoms with van der Waals surface area (Å²) in [6, 6.07) is 2.36. The molecule has 0 amide bonds. The zero-order valence-corrected chi connectivity index (χ0v) is 15.5. The van der Waals surface area contributed by atoms with Crippen molar-refractivity contribution in [1.29, 1.82) is 0 Å². The van der Waals surface area contributed by atoms with Gasteiger partial charge >= 0.3 is 6.18 Å². The number of pyridine rings is 1. The Labute approximate surface area is 157 Å². The van der Waals surface area contributed by atoms with Gasteiger partial charge in [0, 0.05) is 37.9 Å². The second-order valence-electron chi connectivity index (χ2n) is 8.03. The number of morpholine rings is 1. The number of fused-ring (bicyclic) bond motifs is 1. The summed E-state index contributed by atoms with van der Waals surface area (Å²) in [4.78, 5) is 8.62. The van der Waals surface area contributed by atoms with Crippen molar-refractivity contribution in [1.82, 2.24) is 9.88 Å². The Hall–Kier alpha value is -1.38. The third-order valence-electron chi connectivity index (χ3n) is 6.22. The van der Waals surface area contributed by atoms with Crippen molar-refractivity contribution in [3.63, 3.8) is 0 Å². The molecule has 1 aromatic heterocycles. The van der Waals surface area contributed by atoms with Crippen LogP contribution in [-0.4, -0.2) is 66.5 Å². The molecule has 1 aliphatic carbocycles. The van der Waals surface area contributed by atoms with Crippen LogP contribution in [0.4, 0.5) is 19.0 Å². The van der Waals surface area contributed by atoms with Crippen molar-refractivity contribution < 1.29 is 23.0 Å². The van der Waals surface area contributed by atoms with Gasteiger partial charge in [-0.25, -0.2) is 4.98 Å². The van der Waals surface area contributed by atoms with Gasteiger partial charge in [0.2, 0.25) is 0 Å². The quantitative estimate of drug-likeness (QED) is 0.847. The fourth-order valence-corrected chi connectivity index (χ4v) is 4.87. The minimum absolute atomic E-state index is 0.117. The molecule has 150 valence electrons. The van der Waals surface area contributed by atoms with Crippen molar-refractivity contribution in [2.75, 3.05) is 44.3 Å². The van der Waals surface area contributed by atoms with Crippen LogP contribution in [0.15, 0.2) is 12.1 Å². The molecule has 27 heavy (non-hydrogen) atoms. The molecule has 1 saturated carbocycles. The number of rotatable bonds is 2. The molecule has 2 aliphatic heterocycles. The number of halogens is 3. The molecule has 1 N–H and O–H groups in total. The Morgan fingerprint density at radius 2 is 1.78 bits per heavy atom. The fraction of sp³-hybridized carbons (Fsp3) is 0.737. The summed E-state index contributed by atoms with van der Waals surface area (Å²) in [6.45, 7) is 6.00. The molecule has 2 saturated heterocycles. The molecule has 0 spiro atoms. The molecule has 1 aromatic rings. The maximum atomic E-state index is 13.1. The Morgan fingerprint density at radius 1 is 1.11 bits per heavy atom. The van der Waals surface area contributed by atoms with E-state index < -0.39 is 11.7 Å². The van der Waals surface area contributed by atoms with E-state index in [9.17, 15) is 18.3 Å². The number of anilines is 1. The lowest BCUT2D eigenvalue weighted by molar-refractivity contribution is -0.137. The van der Waals surface area contributed by atoms with Crippen LogP contribution in [0.1, 0.15) is 24.1 Å². The molecule has 3 aliphatic rings. The topological polar surface area (TPSA) is 48.8 Å². The van der Waals surface area contributed by atoms with Crippen LogP contribution in [0.2, 0.25) is 0 Å². The van der Waals surface area contributed by atoms with Crippen molar-refractivity contribution in [3.05, 3.63) is 23.4 Å². The lowest BCUT2D eigenvalue weighted by Crippen LogP contribution is -2.53. The standard InChI is InChI=1S/C19H26F3N3O2/c1-12-6-15(19(20,21)22)9-18(23-12)25-10-13-7-16(17(26)8-14(13)11-25)24-2-4-27-5-3-24/h6,9,13-14,16-17,26H,2-5,7-8,10-11H2,1H3/t13-,14+,16-,17-/m1/s1. The number of hydrogen-bond acceptors (Lipinski definition) is 5. The van der Waals surface area contributed by atoms with E-state index in [-0.39, 0.29) is 12.1 Å². The van der Waals surface area contributed by atoms with Gasteiger partial charge in [-0.05, 0) is 43.7 Å². The van der Waals surface area contributed by atoms with E-state index in [0.29, 0.717) is 56.1 Å². The number of alkyl halides is 3. The van der Waals surface area contributed by atoms with E-state index in [1.807, 2.05) is 4.90 Å². The van der Waals surface area contributed by atoms with Crippen LogP contribution < -0.4 is 4.90 Å². The summed E-state index contributed by atoms with van der Waals surface area (Å²) in [5.41, 5.74) is -0.271. The van der Waals surface area contributed by atoms with Gasteiger partial charge in [0.1, 0.15) is 5.82 Å². The van der Waals surface area contributed by atoms with Crippen LogP contribution >= 0.6 is 0 Å². The van der Waals surface area contributed by atoms with Crippen LogP contribution in [-0.2, 0) is 10.9 Å². The molecule has 3 heterocycles. The first-order chi connectivity index (χ1) is 12.8. The largest absolute Gasteiger partial charge is 0.416 e. The Kier molecular flexibility index (Phi) is 5.07. The molecule has 4 rings (SSSR count). The van der Waals surface area contributed by atoms with Crippen molar-refractivity contribution in [2.45, 2.75) is 38.1 Å². The average Bonchev–Trinajstić information content (AvgIpc) is 3.03. The second-order valence-corrected chi connectivity index (χ2v) is 8.03. The van der Waals surface area contributed by atoms with Crippen molar-refractivity contribution in [2.24, 2.45) is 11.8 Å². The first-order valence-corrected chi connectivity index (χ1v) is 9.62. The van der Waals surface area contributed by atoms with Crippen LogP contribution in [0, 0.1) is 18.8 Å². The van der Waals surface area contributed by atoms with Gasteiger partial charge in [0.15, 0.2) is 0 Å². The Balaban J connectivity index is 1.49. The number of hydrogen-bond donors (Lipinski definition) is 1. The van der Waals surface area contributed by atoms with Crippen molar-refractivity contribution in [3.8, 4) is 0 Å². The average molecular weight is 385 g/mol. The van der Waals surface area contributed by atoms with Gasteiger partial charge in [0.05, 0.1) is 24.9 Å². The van der Waals surface area contributed by atoms with Gasteiger partial charge < -0.3 is 14.7 Å². The first-order valence-electron chi connectivity index (χ1n) is 9.62. The van der Waals surface area contributed by atoms with E-state index in [2.05, 4.69) is 9.88 Å². The molecule has 8 heteroatoms. The highest BCUT2D eigenvalue weighted by Gasteiger charge is 2.44. The molecule has 5 nitrogen and oxygen atoms in total. The summed E-state index contributed by atoms with van der Waals surface area (Å²) in [6.07, 6.45) is -3.19. The highest BCUT2D eigenvalue weighted by atomic mass is 19.4. The molecule has 3 fully saturated rings. The SMILES string of the molecule is Cc1cc(C(F)(F)F)cc(N2C[C@H]3C[C@@H](N4CCOCC4)[C@H](O)C[C@H]3C2)n1. The Bertz CT molecular complexity index is 679. The number of aliphatic hydroxyl groups excluding tert-OH is 1. The van der Waals surface area contributed by atoms with Gasteiger partial charge in [-0.15, -0.1) is 0 Å².